The number of carbonyl (C=O) groups excluding carboxylic acids is 2. The van der Waals surface area contributed by atoms with Crippen LogP contribution in [0.4, 0.5) is 5.69 Å². The minimum atomic E-state index is -0.653. The molecule has 0 atom stereocenters. The second-order valence-electron chi connectivity index (χ2n) is 5.29. The lowest BCUT2D eigenvalue weighted by molar-refractivity contribution is -0.384. The Morgan fingerprint density at radius 2 is 1.83 bits per heavy atom. The topological polar surface area (TPSA) is 101 Å². The van der Waals surface area contributed by atoms with Gasteiger partial charge in [-0.05, 0) is 25.0 Å². The molecule has 1 rings (SSSR count). The predicted octanol–water partition coefficient (Wildman–Crippen LogP) is 2.02. The van der Waals surface area contributed by atoms with E-state index in [4.69, 9.17) is 6.42 Å². The summed E-state index contributed by atoms with van der Waals surface area (Å²) in [6, 6.07) is 5.24. The Bertz CT molecular complexity index is 643. The molecule has 0 bridgehead atoms. The van der Waals surface area contributed by atoms with Gasteiger partial charge in [-0.15, -0.1) is 6.42 Å². The maximum absolute atomic E-state index is 11.9. The first-order valence-electron chi connectivity index (χ1n) is 7.69. The van der Waals surface area contributed by atoms with E-state index in [1.54, 1.807) is 0 Å². The predicted molar refractivity (Wildman–Crippen MR) is 90.3 cm³/mol. The highest BCUT2D eigenvalue weighted by Gasteiger charge is 2.24. The maximum atomic E-state index is 11.9. The first-order valence-corrected chi connectivity index (χ1v) is 7.69. The molecule has 7 heteroatoms. The second-order valence-corrected chi connectivity index (χ2v) is 5.29. The number of rotatable bonds is 8. The van der Waals surface area contributed by atoms with Crippen LogP contribution in [0.15, 0.2) is 24.3 Å². The highest BCUT2D eigenvalue weighted by Crippen LogP contribution is 2.14. The van der Waals surface area contributed by atoms with Crippen LogP contribution in [-0.4, -0.2) is 28.8 Å². The third kappa shape index (κ3) is 5.09. The number of nitro groups is 1. The Labute approximate surface area is 141 Å². The van der Waals surface area contributed by atoms with Crippen molar-refractivity contribution < 1.29 is 14.5 Å². The summed E-state index contributed by atoms with van der Waals surface area (Å²) >= 11 is 0. The van der Waals surface area contributed by atoms with Gasteiger partial charge in [0.25, 0.3) is 11.6 Å². The zero-order valence-electron chi connectivity index (χ0n) is 13.8. The molecule has 1 aromatic carbocycles. The van der Waals surface area contributed by atoms with Gasteiger partial charge in [-0.2, -0.15) is 0 Å². The van der Waals surface area contributed by atoms with Gasteiger partial charge in [0.1, 0.15) is 5.54 Å². The lowest BCUT2D eigenvalue weighted by Gasteiger charge is -2.27. The molecule has 0 saturated carbocycles. The van der Waals surface area contributed by atoms with Crippen molar-refractivity contribution >= 4 is 17.5 Å². The quantitative estimate of drug-likeness (QED) is 0.432. The number of nitrogens with zero attached hydrogens (tertiary/aromatic N) is 1. The molecule has 7 nitrogen and oxygen atoms in total. The van der Waals surface area contributed by atoms with Crippen molar-refractivity contribution in [3.63, 3.8) is 0 Å². The van der Waals surface area contributed by atoms with Gasteiger partial charge in [0.2, 0.25) is 5.91 Å². The summed E-state index contributed by atoms with van der Waals surface area (Å²) in [5.74, 6) is 1.98. The lowest BCUT2D eigenvalue weighted by Crippen LogP contribution is -2.47. The molecule has 0 aromatic heterocycles. The molecule has 0 saturated heterocycles. The lowest BCUT2D eigenvalue weighted by atomic mass is 9.94. The van der Waals surface area contributed by atoms with Crippen molar-refractivity contribution in [1.82, 2.24) is 10.6 Å². The van der Waals surface area contributed by atoms with Crippen molar-refractivity contribution in [3.8, 4) is 12.3 Å². The van der Waals surface area contributed by atoms with Crippen molar-refractivity contribution in [1.29, 1.82) is 0 Å². The fraction of sp³-hybridized carbons (Fsp3) is 0.412. The van der Waals surface area contributed by atoms with Gasteiger partial charge < -0.3 is 10.6 Å². The third-order valence-electron chi connectivity index (χ3n) is 3.84. The molecule has 0 spiro atoms. The number of nitro benzene ring substituents is 1. The number of benzene rings is 1. The first-order chi connectivity index (χ1) is 11.4. The van der Waals surface area contributed by atoms with Gasteiger partial charge in [0.05, 0.1) is 4.92 Å². The number of carbonyl (C=O) groups is 2. The summed E-state index contributed by atoms with van der Waals surface area (Å²) in [5.41, 5.74) is -0.448. The molecular formula is C17H21N3O4. The fourth-order valence-corrected chi connectivity index (χ4v) is 2.12. The van der Waals surface area contributed by atoms with Crippen LogP contribution >= 0.6 is 0 Å². The van der Waals surface area contributed by atoms with Crippen LogP contribution in [0.5, 0.6) is 0 Å². The van der Waals surface area contributed by atoms with E-state index in [1.165, 1.54) is 24.3 Å². The van der Waals surface area contributed by atoms with E-state index < -0.39 is 16.4 Å². The standard InChI is InChI=1S/C17H21N3O4/c1-4-17(5-2,6-3)19-15(21)11-12-18-16(22)13-7-9-14(10-8-13)20(23)24/h1,7-10H,5-6,11-12H2,2-3H3,(H,18,22)(H,19,21). The van der Waals surface area contributed by atoms with E-state index in [0.717, 1.165) is 0 Å². The van der Waals surface area contributed by atoms with Crippen molar-refractivity contribution in [2.24, 2.45) is 0 Å². The summed E-state index contributed by atoms with van der Waals surface area (Å²) < 4.78 is 0. The minimum absolute atomic E-state index is 0.0873. The van der Waals surface area contributed by atoms with E-state index in [9.17, 15) is 19.7 Å². The Hall–Kier alpha value is -2.88. The van der Waals surface area contributed by atoms with E-state index in [0.29, 0.717) is 18.4 Å². The Morgan fingerprint density at radius 3 is 2.29 bits per heavy atom. The summed E-state index contributed by atoms with van der Waals surface area (Å²) in [6.07, 6.45) is 6.83. The van der Waals surface area contributed by atoms with Crippen LogP contribution < -0.4 is 10.6 Å². The highest BCUT2D eigenvalue weighted by molar-refractivity contribution is 5.94. The molecule has 2 N–H and O–H groups in total. The van der Waals surface area contributed by atoms with Crippen molar-refractivity contribution in [2.45, 2.75) is 38.6 Å². The summed E-state index contributed by atoms with van der Waals surface area (Å²) in [6.45, 7) is 3.95. The van der Waals surface area contributed by atoms with Crippen LogP contribution in [0.3, 0.4) is 0 Å². The molecule has 0 unspecified atom stereocenters. The number of hydrogen-bond acceptors (Lipinski definition) is 4. The molecular weight excluding hydrogens is 310 g/mol. The van der Waals surface area contributed by atoms with E-state index >= 15 is 0 Å². The largest absolute Gasteiger partial charge is 0.352 e. The average Bonchev–Trinajstić information content (AvgIpc) is 2.59. The van der Waals surface area contributed by atoms with Crippen LogP contribution in [0.1, 0.15) is 43.5 Å². The molecule has 0 aliphatic carbocycles. The molecule has 2 amide bonds. The number of amides is 2. The summed E-state index contributed by atoms with van der Waals surface area (Å²) in [5, 5.41) is 16.0. The fourth-order valence-electron chi connectivity index (χ4n) is 2.12. The van der Waals surface area contributed by atoms with Gasteiger partial charge in [-0.25, -0.2) is 0 Å². The number of nitrogens with one attached hydrogen (secondary N) is 2. The highest BCUT2D eigenvalue weighted by atomic mass is 16.6. The van der Waals surface area contributed by atoms with Crippen LogP contribution in [0, 0.1) is 22.5 Å². The molecule has 0 aliphatic heterocycles. The average molecular weight is 331 g/mol. The normalized spacial score (nSPS) is 10.5. The van der Waals surface area contributed by atoms with E-state index in [-0.39, 0.29) is 24.6 Å². The van der Waals surface area contributed by atoms with Gasteiger partial charge in [0.15, 0.2) is 0 Å². The van der Waals surface area contributed by atoms with Crippen molar-refractivity contribution in [2.75, 3.05) is 6.54 Å². The second kappa shape index (κ2) is 8.67. The maximum Gasteiger partial charge on any atom is 0.269 e. The zero-order chi connectivity index (χ0) is 18.2. The monoisotopic (exact) mass is 331 g/mol. The molecule has 0 heterocycles. The molecule has 0 radical (unpaired) electrons. The van der Waals surface area contributed by atoms with Gasteiger partial charge in [-0.3, -0.25) is 19.7 Å². The van der Waals surface area contributed by atoms with E-state index in [2.05, 4.69) is 16.6 Å². The first kappa shape index (κ1) is 19.2. The molecule has 1 aromatic rings. The van der Waals surface area contributed by atoms with Gasteiger partial charge in [0, 0.05) is 30.7 Å². The number of terminal acetylenes is 1. The molecule has 0 aliphatic rings. The Morgan fingerprint density at radius 1 is 1.25 bits per heavy atom. The summed E-state index contributed by atoms with van der Waals surface area (Å²) in [7, 11) is 0. The Balaban J connectivity index is 2.49. The Kier molecular flexibility index (Phi) is 6.93. The zero-order valence-corrected chi connectivity index (χ0v) is 13.8. The molecule has 24 heavy (non-hydrogen) atoms. The van der Waals surface area contributed by atoms with E-state index in [1.807, 2.05) is 13.8 Å². The third-order valence-corrected chi connectivity index (χ3v) is 3.84. The molecule has 128 valence electrons. The number of hydrogen-bond donors (Lipinski definition) is 2. The molecule has 0 fully saturated rings. The SMILES string of the molecule is C#CC(CC)(CC)NC(=O)CCNC(=O)c1ccc([N+](=O)[O-])cc1. The van der Waals surface area contributed by atoms with Crippen LogP contribution in [-0.2, 0) is 4.79 Å². The van der Waals surface area contributed by atoms with Crippen LogP contribution in [0.2, 0.25) is 0 Å². The summed E-state index contributed by atoms with van der Waals surface area (Å²) in [4.78, 5) is 33.9. The smallest absolute Gasteiger partial charge is 0.269 e. The van der Waals surface area contributed by atoms with Gasteiger partial charge >= 0.3 is 0 Å². The number of non-ortho nitro benzene ring substituents is 1. The van der Waals surface area contributed by atoms with Crippen molar-refractivity contribution in [3.05, 3.63) is 39.9 Å². The van der Waals surface area contributed by atoms with Gasteiger partial charge in [-0.1, -0.05) is 19.8 Å². The van der Waals surface area contributed by atoms with Crippen LogP contribution in [0.25, 0.3) is 0 Å². The minimum Gasteiger partial charge on any atom is -0.352 e.